The van der Waals surface area contributed by atoms with Crippen molar-refractivity contribution < 1.29 is 4.74 Å². The highest BCUT2D eigenvalue weighted by Gasteiger charge is 2.55. The first-order valence-electron chi connectivity index (χ1n) is 9.02. The van der Waals surface area contributed by atoms with Gasteiger partial charge >= 0.3 is 0 Å². The Bertz CT molecular complexity index is 830. The zero-order chi connectivity index (χ0) is 17.6. The van der Waals surface area contributed by atoms with Gasteiger partial charge in [0, 0.05) is 11.6 Å². The van der Waals surface area contributed by atoms with Gasteiger partial charge in [0.15, 0.2) is 0 Å². The van der Waals surface area contributed by atoms with E-state index in [-0.39, 0.29) is 5.54 Å². The Morgan fingerprint density at radius 3 is 2.60 bits per heavy atom. The highest BCUT2D eigenvalue weighted by atomic mass is 16.5. The number of ether oxygens (including phenoxy) is 1. The Labute approximate surface area is 149 Å². The molecule has 0 saturated carbocycles. The minimum absolute atomic E-state index is 0.173. The van der Waals surface area contributed by atoms with E-state index in [0.29, 0.717) is 24.4 Å². The quantitative estimate of drug-likeness (QED) is 0.770. The van der Waals surface area contributed by atoms with Crippen LogP contribution < -0.4 is 4.74 Å². The van der Waals surface area contributed by atoms with E-state index in [0.717, 1.165) is 24.0 Å². The van der Waals surface area contributed by atoms with Crippen LogP contribution in [0, 0.1) is 11.3 Å². The minimum atomic E-state index is 0.173. The topological polar surface area (TPSA) is 36.0 Å². The van der Waals surface area contributed by atoms with E-state index in [1.165, 1.54) is 11.1 Å². The summed E-state index contributed by atoms with van der Waals surface area (Å²) in [6.07, 6.45) is 2.10. The normalized spacial score (nSPS) is 24.0. The number of hydrogen-bond donors (Lipinski definition) is 0. The van der Waals surface area contributed by atoms with Gasteiger partial charge in [-0.2, -0.15) is 5.26 Å². The summed E-state index contributed by atoms with van der Waals surface area (Å²) in [6, 6.07) is 17.8. The number of hydrogen-bond acceptors (Lipinski definition) is 3. The van der Waals surface area contributed by atoms with Crippen molar-refractivity contribution >= 4 is 0 Å². The molecule has 0 bridgehead atoms. The number of rotatable bonds is 3. The van der Waals surface area contributed by atoms with Gasteiger partial charge in [0.25, 0.3) is 0 Å². The zero-order valence-electron chi connectivity index (χ0n) is 15.1. The fourth-order valence-electron chi connectivity index (χ4n) is 4.31. The van der Waals surface area contributed by atoms with E-state index in [4.69, 9.17) is 4.74 Å². The SMILES string of the molecule is CC(C)(C)N1C2CCc3c(ccc(OCc4ccccc4)c3C#N)C21. The van der Waals surface area contributed by atoms with Crippen molar-refractivity contribution in [1.82, 2.24) is 4.90 Å². The van der Waals surface area contributed by atoms with Gasteiger partial charge in [0.05, 0.1) is 11.6 Å². The lowest BCUT2D eigenvalue weighted by atomic mass is 9.88. The molecule has 25 heavy (non-hydrogen) atoms. The van der Waals surface area contributed by atoms with Gasteiger partial charge in [0.1, 0.15) is 18.4 Å². The average Bonchev–Trinajstić information content (AvgIpc) is 3.35. The molecule has 1 fully saturated rings. The van der Waals surface area contributed by atoms with Crippen LogP contribution in [0.15, 0.2) is 42.5 Å². The van der Waals surface area contributed by atoms with Crippen LogP contribution in [0.2, 0.25) is 0 Å². The standard InChI is InChI=1S/C22H24N2O/c1-22(2,3)24-19-11-9-16-17(21(19)24)10-12-20(18(16)13-23)25-14-15-7-5-4-6-8-15/h4-8,10,12,19,21H,9,11,14H2,1-3H3. The summed E-state index contributed by atoms with van der Waals surface area (Å²) in [5.74, 6) is 0.714. The molecule has 3 unspecified atom stereocenters. The molecule has 3 nitrogen and oxygen atoms in total. The summed E-state index contributed by atoms with van der Waals surface area (Å²) in [5.41, 5.74) is 4.54. The molecule has 1 aliphatic heterocycles. The van der Waals surface area contributed by atoms with Crippen LogP contribution in [0.25, 0.3) is 0 Å². The molecule has 2 aromatic carbocycles. The van der Waals surface area contributed by atoms with Crippen molar-refractivity contribution in [3.8, 4) is 11.8 Å². The molecule has 0 N–H and O–H groups in total. The summed E-state index contributed by atoms with van der Waals surface area (Å²) >= 11 is 0. The summed E-state index contributed by atoms with van der Waals surface area (Å²) in [7, 11) is 0. The van der Waals surface area contributed by atoms with Gasteiger partial charge in [-0.1, -0.05) is 36.4 Å². The van der Waals surface area contributed by atoms with Crippen molar-refractivity contribution in [2.24, 2.45) is 0 Å². The van der Waals surface area contributed by atoms with Gasteiger partial charge in [0.2, 0.25) is 0 Å². The first kappa shape index (κ1) is 16.2. The minimum Gasteiger partial charge on any atom is -0.488 e. The van der Waals surface area contributed by atoms with E-state index in [1.54, 1.807) is 0 Å². The molecule has 1 saturated heterocycles. The van der Waals surface area contributed by atoms with Crippen LogP contribution in [0.4, 0.5) is 0 Å². The van der Waals surface area contributed by atoms with E-state index >= 15 is 0 Å². The van der Waals surface area contributed by atoms with Crippen molar-refractivity contribution in [3.05, 3.63) is 64.7 Å². The molecule has 4 rings (SSSR count). The van der Waals surface area contributed by atoms with E-state index in [2.05, 4.69) is 37.8 Å². The number of benzene rings is 2. The Kier molecular flexibility index (Phi) is 3.81. The molecule has 1 heterocycles. The third-order valence-electron chi connectivity index (χ3n) is 5.37. The molecule has 3 heteroatoms. The third kappa shape index (κ3) is 2.81. The van der Waals surface area contributed by atoms with Gasteiger partial charge < -0.3 is 4.74 Å². The maximum atomic E-state index is 9.75. The fraction of sp³-hybridized carbons (Fsp3) is 0.409. The molecule has 3 atom stereocenters. The van der Waals surface area contributed by atoms with Gasteiger partial charge in [-0.15, -0.1) is 0 Å². The third-order valence-corrected chi connectivity index (χ3v) is 5.37. The maximum absolute atomic E-state index is 9.75. The average molecular weight is 332 g/mol. The number of nitriles is 1. The molecule has 128 valence electrons. The molecule has 2 aromatic rings. The molecule has 0 spiro atoms. The number of nitrogens with zero attached hydrogens (tertiary/aromatic N) is 2. The predicted molar refractivity (Wildman–Crippen MR) is 98.4 cm³/mol. The fourth-order valence-corrected chi connectivity index (χ4v) is 4.31. The second kappa shape index (κ2) is 5.89. The molecule has 0 aromatic heterocycles. The molecule has 2 aliphatic rings. The van der Waals surface area contributed by atoms with Gasteiger partial charge in [-0.3, -0.25) is 4.90 Å². The molecule has 0 radical (unpaired) electrons. The van der Waals surface area contributed by atoms with E-state index in [1.807, 2.05) is 36.4 Å². The van der Waals surface area contributed by atoms with Crippen LogP contribution in [-0.4, -0.2) is 16.5 Å². The highest BCUT2D eigenvalue weighted by Crippen LogP contribution is 2.55. The number of fused-ring (bicyclic) bond motifs is 3. The van der Waals surface area contributed by atoms with Gasteiger partial charge in [-0.05, 0) is 56.4 Å². The lowest BCUT2D eigenvalue weighted by Gasteiger charge is -2.22. The van der Waals surface area contributed by atoms with Crippen molar-refractivity contribution in [2.45, 2.75) is 57.8 Å². The smallest absolute Gasteiger partial charge is 0.137 e. The lowest BCUT2D eigenvalue weighted by Crippen LogP contribution is -2.27. The second-order valence-electron chi connectivity index (χ2n) is 8.02. The molecule has 1 aliphatic carbocycles. The Balaban J connectivity index is 1.61. The van der Waals surface area contributed by atoms with E-state index in [9.17, 15) is 5.26 Å². The van der Waals surface area contributed by atoms with E-state index < -0.39 is 0 Å². The first-order chi connectivity index (χ1) is 12.0. The van der Waals surface area contributed by atoms with Crippen LogP contribution in [0.3, 0.4) is 0 Å². The summed E-state index contributed by atoms with van der Waals surface area (Å²) in [5, 5.41) is 9.75. The Morgan fingerprint density at radius 2 is 1.92 bits per heavy atom. The highest BCUT2D eigenvalue weighted by molar-refractivity contribution is 5.56. The summed E-state index contributed by atoms with van der Waals surface area (Å²) in [6.45, 7) is 7.31. The predicted octanol–water partition coefficient (Wildman–Crippen LogP) is 4.61. The molecule has 0 amide bonds. The molecular formula is C22H24N2O. The van der Waals surface area contributed by atoms with Crippen LogP contribution in [0.5, 0.6) is 5.75 Å². The largest absolute Gasteiger partial charge is 0.488 e. The summed E-state index contributed by atoms with van der Waals surface area (Å²) < 4.78 is 5.99. The van der Waals surface area contributed by atoms with Crippen molar-refractivity contribution in [1.29, 1.82) is 5.26 Å². The lowest BCUT2D eigenvalue weighted by molar-refractivity contribution is 0.269. The summed E-state index contributed by atoms with van der Waals surface area (Å²) in [4.78, 5) is 2.57. The van der Waals surface area contributed by atoms with Crippen LogP contribution >= 0.6 is 0 Å². The van der Waals surface area contributed by atoms with Gasteiger partial charge in [-0.25, -0.2) is 0 Å². The Hall–Kier alpha value is -2.31. The first-order valence-corrected chi connectivity index (χ1v) is 9.02. The second-order valence-corrected chi connectivity index (χ2v) is 8.02. The Morgan fingerprint density at radius 1 is 1.16 bits per heavy atom. The molecular weight excluding hydrogens is 308 g/mol. The monoisotopic (exact) mass is 332 g/mol. The zero-order valence-corrected chi connectivity index (χ0v) is 15.1. The maximum Gasteiger partial charge on any atom is 0.137 e. The van der Waals surface area contributed by atoms with Crippen molar-refractivity contribution in [3.63, 3.8) is 0 Å². The van der Waals surface area contributed by atoms with Crippen LogP contribution in [0.1, 0.15) is 55.5 Å². The van der Waals surface area contributed by atoms with Crippen molar-refractivity contribution in [2.75, 3.05) is 0 Å². The van der Waals surface area contributed by atoms with Crippen LogP contribution in [-0.2, 0) is 13.0 Å².